The summed E-state index contributed by atoms with van der Waals surface area (Å²) in [5.74, 6) is 4.44. The second-order valence-corrected chi connectivity index (χ2v) is 6.32. The van der Waals surface area contributed by atoms with Crippen molar-refractivity contribution in [3.63, 3.8) is 0 Å². The number of nitrogens with two attached hydrogens (primary N) is 1. The minimum absolute atomic E-state index is 0.491. The maximum absolute atomic E-state index is 6.07. The molecule has 0 spiro atoms. The van der Waals surface area contributed by atoms with Crippen LogP contribution in [0.4, 0.5) is 5.82 Å². The Labute approximate surface area is 124 Å². The molecule has 2 aliphatic rings. The van der Waals surface area contributed by atoms with E-state index in [1.165, 1.54) is 25.7 Å². The number of aromatic nitrogens is 1. The molecular weight excluding hydrogens is 264 g/mol. The normalized spacial score (nSPS) is 27.2. The maximum Gasteiger partial charge on any atom is 0.175 e. The highest BCUT2D eigenvalue weighted by Crippen LogP contribution is 2.54. The third-order valence-electron chi connectivity index (χ3n) is 5.20. The Balaban J connectivity index is 1.73. The summed E-state index contributed by atoms with van der Waals surface area (Å²) in [6, 6.07) is 7.95. The van der Waals surface area contributed by atoms with Gasteiger partial charge in [0.05, 0.1) is 12.7 Å². The number of nitrogen functional groups attached to an aromatic ring is 1. The van der Waals surface area contributed by atoms with E-state index in [-0.39, 0.29) is 0 Å². The topological polar surface area (TPSA) is 61.3 Å². The Morgan fingerprint density at radius 2 is 2.00 bits per heavy atom. The number of hydrogen-bond acceptors (Lipinski definition) is 4. The van der Waals surface area contributed by atoms with E-state index in [2.05, 4.69) is 5.16 Å². The van der Waals surface area contributed by atoms with Crippen molar-refractivity contribution in [3.05, 3.63) is 30.0 Å². The molecule has 1 heterocycles. The van der Waals surface area contributed by atoms with Gasteiger partial charge in [-0.05, 0) is 48.8 Å². The van der Waals surface area contributed by atoms with Gasteiger partial charge in [0, 0.05) is 5.92 Å². The molecule has 21 heavy (non-hydrogen) atoms. The molecule has 0 radical (unpaired) electrons. The van der Waals surface area contributed by atoms with E-state index in [1.807, 2.05) is 24.3 Å². The van der Waals surface area contributed by atoms with Gasteiger partial charge in [0.2, 0.25) is 0 Å². The monoisotopic (exact) mass is 284 g/mol. The number of hydrogen-bond donors (Lipinski definition) is 1. The first kappa shape index (κ1) is 12.7. The van der Waals surface area contributed by atoms with Crippen LogP contribution in [0.3, 0.4) is 0 Å². The van der Waals surface area contributed by atoms with E-state index in [0.29, 0.717) is 11.7 Å². The molecule has 3 atom stereocenters. The molecule has 3 unspecified atom stereocenters. The number of ether oxygens (including phenoxy) is 1. The lowest BCUT2D eigenvalue weighted by Gasteiger charge is -2.20. The highest BCUT2D eigenvalue weighted by Gasteiger charge is 2.43. The summed E-state index contributed by atoms with van der Waals surface area (Å²) >= 11 is 0. The van der Waals surface area contributed by atoms with Crippen LogP contribution in [0, 0.1) is 11.8 Å². The highest BCUT2D eigenvalue weighted by molar-refractivity contribution is 5.76. The summed E-state index contributed by atoms with van der Waals surface area (Å²) in [6.07, 6.45) is 5.26. The smallest absolute Gasteiger partial charge is 0.175 e. The molecule has 2 fully saturated rings. The fourth-order valence-corrected chi connectivity index (χ4v) is 4.18. The van der Waals surface area contributed by atoms with Gasteiger partial charge in [-0.25, -0.2) is 0 Å². The van der Waals surface area contributed by atoms with Crippen LogP contribution in [0.25, 0.3) is 11.1 Å². The molecule has 2 aromatic rings. The van der Waals surface area contributed by atoms with E-state index in [1.54, 1.807) is 7.11 Å². The lowest BCUT2D eigenvalue weighted by molar-refractivity contribution is 0.312. The predicted octanol–water partition coefficient (Wildman–Crippen LogP) is 3.84. The molecular formula is C17H20N2O2. The summed E-state index contributed by atoms with van der Waals surface area (Å²) < 4.78 is 10.9. The van der Waals surface area contributed by atoms with Gasteiger partial charge in [0.25, 0.3) is 0 Å². The highest BCUT2D eigenvalue weighted by atomic mass is 16.5. The minimum Gasteiger partial charge on any atom is -0.497 e. The van der Waals surface area contributed by atoms with Crippen LogP contribution in [-0.2, 0) is 0 Å². The summed E-state index contributed by atoms with van der Waals surface area (Å²) in [4.78, 5) is 0. The van der Waals surface area contributed by atoms with Crippen LogP contribution in [0.1, 0.15) is 37.4 Å². The molecule has 2 saturated carbocycles. The van der Waals surface area contributed by atoms with Crippen molar-refractivity contribution in [2.75, 3.05) is 12.8 Å². The number of fused-ring (bicyclic) bond motifs is 2. The second-order valence-electron chi connectivity index (χ2n) is 6.32. The van der Waals surface area contributed by atoms with E-state index in [0.717, 1.165) is 34.5 Å². The molecule has 0 amide bonds. The standard InChI is InChI=1S/C17H20N2O2/c1-20-13-6-4-11(5-7-13)15-16(21-19-17(15)18)14-9-10-2-3-12(14)8-10/h4-7,10,12,14H,2-3,8-9H2,1H3,(H2,18,19). The number of rotatable bonds is 3. The molecule has 2 bridgehead atoms. The zero-order chi connectivity index (χ0) is 14.4. The quantitative estimate of drug-likeness (QED) is 0.930. The Bertz CT molecular complexity index is 647. The Kier molecular flexibility index (Phi) is 2.91. The summed E-state index contributed by atoms with van der Waals surface area (Å²) in [5, 5.41) is 4.04. The zero-order valence-corrected chi connectivity index (χ0v) is 12.2. The Hall–Kier alpha value is -1.97. The van der Waals surface area contributed by atoms with Gasteiger partial charge in [-0.3, -0.25) is 0 Å². The number of benzene rings is 1. The third-order valence-corrected chi connectivity index (χ3v) is 5.20. The van der Waals surface area contributed by atoms with Gasteiger partial charge < -0.3 is 15.0 Å². The van der Waals surface area contributed by atoms with E-state index in [4.69, 9.17) is 15.0 Å². The van der Waals surface area contributed by atoms with Crippen molar-refractivity contribution in [2.24, 2.45) is 11.8 Å². The predicted molar refractivity (Wildman–Crippen MR) is 81.1 cm³/mol. The lowest BCUT2D eigenvalue weighted by atomic mass is 9.84. The van der Waals surface area contributed by atoms with E-state index in [9.17, 15) is 0 Å². The van der Waals surface area contributed by atoms with Gasteiger partial charge in [-0.2, -0.15) is 0 Å². The average Bonchev–Trinajstić information content (AvgIpc) is 3.22. The van der Waals surface area contributed by atoms with Crippen LogP contribution in [0.15, 0.2) is 28.8 Å². The molecule has 1 aromatic heterocycles. The SMILES string of the molecule is COc1ccc(-c2c(N)noc2C2CC3CCC2C3)cc1. The Morgan fingerprint density at radius 3 is 2.62 bits per heavy atom. The summed E-state index contributed by atoms with van der Waals surface area (Å²) in [7, 11) is 1.67. The molecule has 110 valence electrons. The van der Waals surface area contributed by atoms with Crippen LogP contribution in [0.5, 0.6) is 5.75 Å². The maximum atomic E-state index is 6.07. The van der Waals surface area contributed by atoms with Gasteiger partial charge in [0.15, 0.2) is 5.82 Å². The molecule has 4 rings (SSSR count). The van der Waals surface area contributed by atoms with Crippen LogP contribution in [0.2, 0.25) is 0 Å². The van der Waals surface area contributed by atoms with Crippen LogP contribution in [-0.4, -0.2) is 12.3 Å². The molecule has 0 aliphatic heterocycles. The first-order chi connectivity index (χ1) is 10.3. The van der Waals surface area contributed by atoms with Gasteiger partial charge in [-0.1, -0.05) is 23.7 Å². The zero-order valence-electron chi connectivity index (χ0n) is 12.2. The molecule has 2 aliphatic carbocycles. The first-order valence-corrected chi connectivity index (χ1v) is 7.65. The van der Waals surface area contributed by atoms with Gasteiger partial charge in [0.1, 0.15) is 11.5 Å². The van der Waals surface area contributed by atoms with Crippen molar-refractivity contribution in [1.82, 2.24) is 5.16 Å². The molecule has 4 heteroatoms. The van der Waals surface area contributed by atoms with E-state index >= 15 is 0 Å². The lowest BCUT2D eigenvalue weighted by Crippen LogP contribution is -2.08. The summed E-state index contributed by atoms with van der Waals surface area (Å²) in [5.41, 5.74) is 8.12. The molecule has 0 saturated heterocycles. The first-order valence-electron chi connectivity index (χ1n) is 7.65. The third kappa shape index (κ3) is 2.01. The van der Waals surface area contributed by atoms with Gasteiger partial charge in [-0.15, -0.1) is 0 Å². The molecule has 1 aromatic carbocycles. The average molecular weight is 284 g/mol. The Morgan fingerprint density at radius 1 is 1.19 bits per heavy atom. The second kappa shape index (κ2) is 4.79. The fourth-order valence-electron chi connectivity index (χ4n) is 4.18. The van der Waals surface area contributed by atoms with Crippen molar-refractivity contribution >= 4 is 5.82 Å². The number of anilines is 1. The number of methoxy groups -OCH3 is 1. The molecule has 2 N–H and O–H groups in total. The van der Waals surface area contributed by atoms with Crippen molar-refractivity contribution < 1.29 is 9.26 Å². The fraction of sp³-hybridized carbons (Fsp3) is 0.471. The van der Waals surface area contributed by atoms with Crippen LogP contribution < -0.4 is 10.5 Å². The van der Waals surface area contributed by atoms with Crippen molar-refractivity contribution in [2.45, 2.75) is 31.6 Å². The number of nitrogens with zero attached hydrogens (tertiary/aromatic N) is 1. The minimum atomic E-state index is 0.491. The van der Waals surface area contributed by atoms with Gasteiger partial charge >= 0.3 is 0 Å². The molecule has 4 nitrogen and oxygen atoms in total. The summed E-state index contributed by atoms with van der Waals surface area (Å²) in [6.45, 7) is 0. The van der Waals surface area contributed by atoms with Crippen molar-refractivity contribution in [1.29, 1.82) is 0 Å². The van der Waals surface area contributed by atoms with Crippen LogP contribution >= 0.6 is 0 Å². The largest absolute Gasteiger partial charge is 0.497 e. The van der Waals surface area contributed by atoms with E-state index < -0.39 is 0 Å². The van der Waals surface area contributed by atoms with Crippen molar-refractivity contribution in [3.8, 4) is 16.9 Å².